The first-order valence-corrected chi connectivity index (χ1v) is 6.79. The highest BCUT2D eigenvalue weighted by atomic mass is 79.9. The Hall–Kier alpha value is -0.580. The molecule has 96 valence electrons. The molecule has 1 unspecified atom stereocenters. The number of benzene rings is 1. The molecule has 0 saturated heterocycles. The topological polar surface area (TPSA) is 41.5 Å². The molecule has 1 atom stereocenters. The van der Waals surface area contributed by atoms with E-state index in [0.29, 0.717) is 6.61 Å². The van der Waals surface area contributed by atoms with Crippen LogP contribution < -0.4 is 10.1 Å². The lowest BCUT2D eigenvalue weighted by Gasteiger charge is -2.09. The van der Waals surface area contributed by atoms with Gasteiger partial charge in [0.1, 0.15) is 12.4 Å². The predicted molar refractivity (Wildman–Crippen MR) is 73.4 cm³/mol. The summed E-state index contributed by atoms with van der Waals surface area (Å²) in [7, 11) is 0. The van der Waals surface area contributed by atoms with Gasteiger partial charge in [0.2, 0.25) is 0 Å². The number of hydrogen-bond acceptors (Lipinski definition) is 3. The highest BCUT2D eigenvalue weighted by molar-refractivity contribution is 9.10. The molecule has 3 nitrogen and oxygen atoms in total. The van der Waals surface area contributed by atoms with E-state index in [9.17, 15) is 5.11 Å². The second kappa shape index (κ2) is 8.50. The second-order valence-corrected chi connectivity index (χ2v) is 4.82. The summed E-state index contributed by atoms with van der Waals surface area (Å²) in [6, 6.07) is 7.80. The summed E-state index contributed by atoms with van der Waals surface area (Å²) in [5, 5.41) is 12.6. The van der Waals surface area contributed by atoms with Crippen molar-refractivity contribution < 1.29 is 9.84 Å². The summed E-state index contributed by atoms with van der Waals surface area (Å²) in [6.07, 6.45) is 1.43. The molecule has 1 aromatic rings. The van der Waals surface area contributed by atoms with Crippen molar-refractivity contribution >= 4 is 15.9 Å². The zero-order chi connectivity index (χ0) is 12.5. The van der Waals surface area contributed by atoms with E-state index >= 15 is 0 Å². The van der Waals surface area contributed by atoms with Crippen LogP contribution in [0.3, 0.4) is 0 Å². The molecule has 0 amide bonds. The molecule has 0 aliphatic heterocycles. The molecule has 0 saturated carbocycles. The van der Waals surface area contributed by atoms with Gasteiger partial charge in [-0.25, -0.2) is 0 Å². The van der Waals surface area contributed by atoms with Crippen molar-refractivity contribution in [2.75, 3.05) is 19.7 Å². The summed E-state index contributed by atoms with van der Waals surface area (Å²) in [6.45, 7) is 4.25. The molecule has 0 bridgehead atoms. The van der Waals surface area contributed by atoms with E-state index in [1.807, 2.05) is 31.2 Å². The van der Waals surface area contributed by atoms with Crippen LogP contribution in [0.4, 0.5) is 0 Å². The number of rotatable bonds is 8. The summed E-state index contributed by atoms with van der Waals surface area (Å²) in [5.74, 6) is 0.870. The predicted octanol–water partition coefficient (Wildman–Crippen LogP) is 2.58. The van der Waals surface area contributed by atoms with Crippen LogP contribution in [0.5, 0.6) is 5.75 Å². The minimum absolute atomic E-state index is 0.187. The van der Waals surface area contributed by atoms with Gasteiger partial charge in [-0.05, 0) is 37.6 Å². The van der Waals surface area contributed by atoms with Gasteiger partial charge >= 0.3 is 0 Å². The van der Waals surface area contributed by atoms with Crippen molar-refractivity contribution in [3.05, 3.63) is 28.7 Å². The third kappa shape index (κ3) is 6.66. The van der Waals surface area contributed by atoms with E-state index in [-0.39, 0.29) is 6.10 Å². The summed E-state index contributed by atoms with van der Waals surface area (Å²) < 4.78 is 6.59. The van der Waals surface area contributed by atoms with Crippen molar-refractivity contribution in [2.45, 2.75) is 25.9 Å². The smallest absolute Gasteiger partial charge is 0.120 e. The number of hydrogen-bond donors (Lipinski definition) is 2. The first-order chi connectivity index (χ1) is 8.22. The molecular formula is C13H20BrNO2. The van der Waals surface area contributed by atoms with Crippen molar-refractivity contribution in [1.29, 1.82) is 0 Å². The van der Waals surface area contributed by atoms with E-state index in [4.69, 9.17) is 4.74 Å². The van der Waals surface area contributed by atoms with Gasteiger partial charge in [0, 0.05) is 11.0 Å². The fraction of sp³-hybridized carbons (Fsp3) is 0.538. The van der Waals surface area contributed by atoms with E-state index in [1.165, 1.54) is 0 Å². The molecule has 0 fully saturated rings. The normalized spacial score (nSPS) is 12.4. The van der Waals surface area contributed by atoms with Crippen molar-refractivity contribution in [3.63, 3.8) is 0 Å². The highest BCUT2D eigenvalue weighted by Gasteiger charge is 1.99. The number of aliphatic hydroxyl groups excluding tert-OH is 1. The molecule has 0 spiro atoms. The minimum Gasteiger partial charge on any atom is -0.492 e. The van der Waals surface area contributed by atoms with Crippen LogP contribution in [-0.2, 0) is 0 Å². The Balaban J connectivity index is 2.05. The fourth-order valence-corrected chi connectivity index (χ4v) is 1.77. The Morgan fingerprint density at radius 2 is 2.24 bits per heavy atom. The van der Waals surface area contributed by atoms with E-state index in [2.05, 4.69) is 21.2 Å². The lowest BCUT2D eigenvalue weighted by Crippen LogP contribution is -2.24. The van der Waals surface area contributed by atoms with Crippen molar-refractivity contribution in [3.8, 4) is 5.75 Å². The van der Waals surface area contributed by atoms with Gasteiger partial charge in [-0.15, -0.1) is 0 Å². The first-order valence-electron chi connectivity index (χ1n) is 5.99. The van der Waals surface area contributed by atoms with Gasteiger partial charge in [-0.2, -0.15) is 0 Å². The molecule has 17 heavy (non-hydrogen) atoms. The van der Waals surface area contributed by atoms with Crippen LogP contribution in [0, 0.1) is 0 Å². The zero-order valence-corrected chi connectivity index (χ0v) is 11.7. The van der Waals surface area contributed by atoms with Crippen LogP contribution in [0.2, 0.25) is 0 Å². The van der Waals surface area contributed by atoms with Crippen LogP contribution in [0.1, 0.15) is 19.8 Å². The zero-order valence-electron chi connectivity index (χ0n) is 10.2. The largest absolute Gasteiger partial charge is 0.492 e. The highest BCUT2D eigenvalue weighted by Crippen LogP contribution is 2.17. The quantitative estimate of drug-likeness (QED) is 0.725. The van der Waals surface area contributed by atoms with E-state index in [1.54, 1.807) is 0 Å². The Labute approximate surface area is 111 Å². The van der Waals surface area contributed by atoms with E-state index in [0.717, 1.165) is 36.2 Å². The molecule has 0 aliphatic carbocycles. The fourth-order valence-electron chi connectivity index (χ4n) is 1.40. The van der Waals surface area contributed by atoms with E-state index < -0.39 is 0 Å². The van der Waals surface area contributed by atoms with Crippen LogP contribution >= 0.6 is 15.9 Å². The first kappa shape index (κ1) is 14.5. The maximum Gasteiger partial charge on any atom is 0.120 e. The number of halogens is 1. The molecule has 2 N–H and O–H groups in total. The van der Waals surface area contributed by atoms with Crippen LogP contribution in [-0.4, -0.2) is 30.9 Å². The Morgan fingerprint density at radius 3 is 2.94 bits per heavy atom. The van der Waals surface area contributed by atoms with Crippen LogP contribution in [0.25, 0.3) is 0 Å². The summed E-state index contributed by atoms with van der Waals surface area (Å²) in [4.78, 5) is 0. The minimum atomic E-state index is -0.187. The number of aliphatic hydroxyl groups is 1. The molecule has 0 aromatic heterocycles. The average Bonchev–Trinajstić information content (AvgIpc) is 2.33. The Kier molecular flexibility index (Phi) is 7.24. The van der Waals surface area contributed by atoms with Gasteiger partial charge in [-0.3, -0.25) is 0 Å². The van der Waals surface area contributed by atoms with Gasteiger partial charge in [0.05, 0.1) is 6.10 Å². The van der Waals surface area contributed by atoms with Gasteiger partial charge < -0.3 is 15.2 Å². The lowest BCUT2D eigenvalue weighted by molar-refractivity contribution is 0.159. The molecule has 0 aliphatic rings. The average molecular weight is 302 g/mol. The Bertz CT molecular complexity index is 320. The van der Waals surface area contributed by atoms with Crippen LogP contribution in [0.15, 0.2) is 28.7 Å². The molecule has 1 aromatic carbocycles. The van der Waals surface area contributed by atoms with Gasteiger partial charge in [0.15, 0.2) is 0 Å². The maximum atomic E-state index is 9.35. The van der Waals surface area contributed by atoms with Crippen molar-refractivity contribution in [2.24, 2.45) is 0 Å². The lowest BCUT2D eigenvalue weighted by atomic mass is 10.2. The SMILES string of the molecule is CCC(O)CCNCCOc1cccc(Br)c1. The monoisotopic (exact) mass is 301 g/mol. The number of nitrogens with one attached hydrogen (secondary N) is 1. The molecule has 0 heterocycles. The molecular weight excluding hydrogens is 282 g/mol. The molecule has 1 rings (SSSR count). The summed E-state index contributed by atoms with van der Waals surface area (Å²) >= 11 is 3.40. The third-order valence-electron chi connectivity index (χ3n) is 2.47. The third-order valence-corrected chi connectivity index (χ3v) is 2.96. The standard InChI is InChI=1S/C13H20BrNO2/c1-2-12(16)6-7-15-8-9-17-13-5-3-4-11(14)10-13/h3-5,10,12,15-16H,2,6-9H2,1H3. The van der Waals surface area contributed by atoms with Gasteiger partial charge in [0.25, 0.3) is 0 Å². The number of ether oxygens (including phenoxy) is 1. The summed E-state index contributed by atoms with van der Waals surface area (Å²) in [5.41, 5.74) is 0. The maximum absolute atomic E-state index is 9.35. The molecule has 0 radical (unpaired) electrons. The van der Waals surface area contributed by atoms with Gasteiger partial charge in [-0.1, -0.05) is 28.9 Å². The van der Waals surface area contributed by atoms with Crippen molar-refractivity contribution in [1.82, 2.24) is 5.32 Å². The molecule has 4 heteroatoms. The second-order valence-electron chi connectivity index (χ2n) is 3.91. The Morgan fingerprint density at radius 1 is 1.41 bits per heavy atom.